The number of benzene rings is 1. The van der Waals surface area contributed by atoms with Gasteiger partial charge in [0.25, 0.3) is 5.69 Å². The van der Waals surface area contributed by atoms with E-state index in [1.165, 1.54) is 6.07 Å². The van der Waals surface area contributed by atoms with Gasteiger partial charge >= 0.3 is 0 Å². The lowest BCUT2D eigenvalue weighted by Gasteiger charge is -2.21. The van der Waals surface area contributed by atoms with Crippen molar-refractivity contribution >= 4 is 11.4 Å². The molecule has 2 rings (SSSR count). The van der Waals surface area contributed by atoms with Crippen molar-refractivity contribution in [2.75, 3.05) is 18.0 Å². The van der Waals surface area contributed by atoms with Crippen LogP contribution in [0.5, 0.6) is 0 Å². The van der Waals surface area contributed by atoms with E-state index in [9.17, 15) is 20.3 Å². The fourth-order valence-electron chi connectivity index (χ4n) is 2.36. The van der Waals surface area contributed by atoms with E-state index in [-0.39, 0.29) is 5.69 Å². The normalized spacial score (nSPS) is 24.5. The Labute approximate surface area is 111 Å². The largest absolute Gasteiger partial charge is 0.389 e. The SMILES string of the molecule is C[C@H](O)c1ccc(N2CCC(C)(O)C2)c([N+](=O)[O-])c1. The number of anilines is 1. The fraction of sp³-hybridized carbons (Fsp3) is 0.538. The van der Waals surface area contributed by atoms with Gasteiger partial charge in [0.1, 0.15) is 5.69 Å². The van der Waals surface area contributed by atoms with Crippen LogP contribution in [0.1, 0.15) is 31.9 Å². The van der Waals surface area contributed by atoms with Gasteiger partial charge in [0.05, 0.1) is 16.6 Å². The summed E-state index contributed by atoms with van der Waals surface area (Å²) in [5, 5.41) is 30.6. The highest BCUT2D eigenvalue weighted by Gasteiger charge is 2.34. The Morgan fingerprint density at radius 2 is 2.21 bits per heavy atom. The van der Waals surface area contributed by atoms with E-state index >= 15 is 0 Å². The molecule has 1 aromatic carbocycles. The molecule has 1 saturated heterocycles. The summed E-state index contributed by atoms with van der Waals surface area (Å²) >= 11 is 0. The lowest BCUT2D eigenvalue weighted by atomic mass is 10.1. The minimum absolute atomic E-state index is 0.0314. The van der Waals surface area contributed by atoms with Crippen LogP contribution >= 0.6 is 0 Å². The number of nitrogens with zero attached hydrogens (tertiary/aromatic N) is 2. The maximum Gasteiger partial charge on any atom is 0.292 e. The van der Waals surface area contributed by atoms with Crippen molar-refractivity contribution in [2.45, 2.75) is 32.0 Å². The summed E-state index contributed by atoms with van der Waals surface area (Å²) in [4.78, 5) is 12.5. The predicted octanol–water partition coefficient (Wildman–Crippen LogP) is 1.61. The first-order valence-corrected chi connectivity index (χ1v) is 6.24. The van der Waals surface area contributed by atoms with Gasteiger partial charge in [-0.2, -0.15) is 0 Å². The van der Waals surface area contributed by atoms with Gasteiger partial charge in [-0.1, -0.05) is 6.07 Å². The highest BCUT2D eigenvalue weighted by molar-refractivity contribution is 5.65. The summed E-state index contributed by atoms with van der Waals surface area (Å²) in [5.74, 6) is 0. The summed E-state index contributed by atoms with van der Waals surface area (Å²) < 4.78 is 0. The number of nitro benzene ring substituents is 1. The van der Waals surface area contributed by atoms with Crippen LogP contribution < -0.4 is 4.90 Å². The molecule has 0 bridgehead atoms. The zero-order valence-electron chi connectivity index (χ0n) is 11.0. The molecule has 0 aromatic heterocycles. The average Bonchev–Trinajstić information content (AvgIpc) is 2.68. The second-order valence-electron chi connectivity index (χ2n) is 5.35. The van der Waals surface area contributed by atoms with Gasteiger partial charge in [-0.25, -0.2) is 0 Å². The van der Waals surface area contributed by atoms with Crippen LogP contribution in [0.3, 0.4) is 0 Å². The number of aliphatic hydroxyl groups is 2. The number of hydrogen-bond donors (Lipinski definition) is 2. The maximum atomic E-state index is 11.1. The van der Waals surface area contributed by atoms with Crippen LogP contribution in [-0.4, -0.2) is 33.8 Å². The predicted molar refractivity (Wildman–Crippen MR) is 71.2 cm³/mol. The van der Waals surface area contributed by atoms with E-state index in [0.717, 1.165) is 0 Å². The first kappa shape index (κ1) is 13.8. The fourth-order valence-corrected chi connectivity index (χ4v) is 2.36. The van der Waals surface area contributed by atoms with Gasteiger partial charge in [-0.15, -0.1) is 0 Å². The van der Waals surface area contributed by atoms with Crippen LogP contribution in [0.15, 0.2) is 18.2 Å². The van der Waals surface area contributed by atoms with Crippen molar-refractivity contribution in [1.82, 2.24) is 0 Å². The van der Waals surface area contributed by atoms with Crippen molar-refractivity contribution < 1.29 is 15.1 Å². The molecule has 2 atom stereocenters. The quantitative estimate of drug-likeness (QED) is 0.641. The van der Waals surface area contributed by atoms with Gasteiger partial charge in [-0.3, -0.25) is 10.1 Å². The zero-order chi connectivity index (χ0) is 14.2. The molecule has 1 unspecified atom stereocenters. The van der Waals surface area contributed by atoms with Gasteiger partial charge in [-0.05, 0) is 31.9 Å². The average molecular weight is 266 g/mol. The van der Waals surface area contributed by atoms with E-state index in [1.807, 2.05) is 4.90 Å². The first-order valence-electron chi connectivity index (χ1n) is 6.24. The van der Waals surface area contributed by atoms with Gasteiger partial charge in [0.2, 0.25) is 0 Å². The minimum Gasteiger partial charge on any atom is -0.389 e. The van der Waals surface area contributed by atoms with Crippen LogP contribution in [0.4, 0.5) is 11.4 Å². The summed E-state index contributed by atoms with van der Waals surface area (Å²) in [6, 6.07) is 4.72. The van der Waals surface area contributed by atoms with Crippen molar-refractivity contribution in [3.05, 3.63) is 33.9 Å². The Hall–Kier alpha value is -1.66. The van der Waals surface area contributed by atoms with E-state index in [4.69, 9.17) is 0 Å². The topological polar surface area (TPSA) is 86.8 Å². The third-order valence-electron chi connectivity index (χ3n) is 3.47. The minimum atomic E-state index is -0.809. The Balaban J connectivity index is 2.38. The molecule has 0 spiro atoms. The number of hydrogen-bond acceptors (Lipinski definition) is 5. The summed E-state index contributed by atoms with van der Waals surface area (Å²) in [6.07, 6.45) is -0.156. The Morgan fingerprint density at radius 1 is 1.53 bits per heavy atom. The molecule has 1 heterocycles. The van der Waals surface area contributed by atoms with E-state index in [2.05, 4.69) is 0 Å². The molecule has 1 fully saturated rings. The lowest BCUT2D eigenvalue weighted by molar-refractivity contribution is -0.384. The molecular formula is C13H18N2O4. The van der Waals surface area contributed by atoms with Crippen LogP contribution in [0.25, 0.3) is 0 Å². The van der Waals surface area contributed by atoms with E-state index in [0.29, 0.717) is 30.8 Å². The molecule has 0 aliphatic carbocycles. The van der Waals surface area contributed by atoms with E-state index in [1.54, 1.807) is 26.0 Å². The Kier molecular flexibility index (Phi) is 3.47. The van der Waals surface area contributed by atoms with Crippen molar-refractivity contribution in [3.63, 3.8) is 0 Å². The molecule has 1 aliphatic rings. The van der Waals surface area contributed by atoms with Crippen molar-refractivity contribution in [2.24, 2.45) is 0 Å². The van der Waals surface area contributed by atoms with Crippen molar-refractivity contribution in [1.29, 1.82) is 0 Å². The molecular weight excluding hydrogens is 248 g/mol. The number of β-amino-alcohol motifs (C(OH)–C–C–N with tert-alkyl or cyclic N) is 1. The lowest BCUT2D eigenvalue weighted by Crippen LogP contribution is -2.29. The first-order chi connectivity index (χ1) is 8.80. The molecule has 0 saturated carbocycles. The van der Waals surface area contributed by atoms with E-state index < -0.39 is 16.6 Å². The third kappa shape index (κ3) is 2.85. The van der Waals surface area contributed by atoms with Crippen LogP contribution in [0.2, 0.25) is 0 Å². The smallest absolute Gasteiger partial charge is 0.292 e. The molecule has 1 aliphatic heterocycles. The summed E-state index contributed by atoms with van der Waals surface area (Å²) in [7, 11) is 0. The molecule has 104 valence electrons. The maximum absolute atomic E-state index is 11.1. The van der Waals surface area contributed by atoms with Gasteiger partial charge in [0, 0.05) is 19.2 Å². The molecule has 1 aromatic rings. The Bertz CT molecular complexity index is 499. The Morgan fingerprint density at radius 3 is 2.68 bits per heavy atom. The number of rotatable bonds is 3. The van der Waals surface area contributed by atoms with Crippen LogP contribution in [0, 0.1) is 10.1 Å². The summed E-state index contributed by atoms with van der Waals surface area (Å²) in [5.41, 5.74) is 0.168. The summed E-state index contributed by atoms with van der Waals surface area (Å²) in [6.45, 7) is 4.26. The molecule has 0 radical (unpaired) electrons. The molecule has 2 N–H and O–H groups in total. The third-order valence-corrected chi connectivity index (χ3v) is 3.47. The second-order valence-corrected chi connectivity index (χ2v) is 5.35. The van der Waals surface area contributed by atoms with Gasteiger partial charge in [0.15, 0.2) is 0 Å². The highest BCUT2D eigenvalue weighted by atomic mass is 16.6. The van der Waals surface area contributed by atoms with Gasteiger partial charge < -0.3 is 15.1 Å². The highest BCUT2D eigenvalue weighted by Crippen LogP contribution is 2.35. The van der Waals surface area contributed by atoms with Crippen LogP contribution in [-0.2, 0) is 0 Å². The molecule has 0 amide bonds. The monoisotopic (exact) mass is 266 g/mol. The molecule has 19 heavy (non-hydrogen) atoms. The zero-order valence-corrected chi connectivity index (χ0v) is 11.0. The second kappa shape index (κ2) is 4.79. The number of aliphatic hydroxyl groups excluding tert-OH is 1. The molecule has 6 heteroatoms. The van der Waals surface area contributed by atoms with Crippen molar-refractivity contribution in [3.8, 4) is 0 Å². The standard InChI is InChI=1S/C13H18N2O4/c1-9(16)10-3-4-11(12(7-10)15(18)19)14-6-5-13(2,17)8-14/h3-4,7,9,16-17H,5-6,8H2,1-2H3/t9-,13?/m0/s1. The molecule has 6 nitrogen and oxygen atoms in total. The number of nitro groups is 1.